The predicted molar refractivity (Wildman–Crippen MR) is 47.1 cm³/mol. The summed E-state index contributed by atoms with van der Waals surface area (Å²) < 4.78 is 0. The van der Waals surface area contributed by atoms with Gasteiger partial charge in [-0.2, -0.15) is 0 Å². The lowest BCUT2D eigenvalue weighted by Gasteiger charge is -2.03. The van der Waals surface area contributed by atoms with Gasteiger partial charge in [0.05, 0.1) is 0 Å². The van der Waals surface area contributed by atoms with Gasteiger partial charge in [0.2, 0.25) is 0 Å². The molecule has 0 bridgehead atoms. The monoisotopic (exact) mass is 152 g/mol. The molecule has 11 heavy (non-hydrogen) atoms. The van der Waals surface area contributed by atoms with Crippen molar-refractivity contribution in [1.82, 2.24) is 0 Å². The smallest absolute Gasteiger partial charge is 0.136 e. The van der Waals surface area contributed by atoms with Crippen LogP contribution in [-0.2, 0) is 4.79 Å². The van der Waals surface area contributed by atoms with E-state index in [1.807, 2.05) is 13.8 Å². The van der Waals surface area contributed by atoms with Crippen LogP contribution in [0.5, 0.6) is 0 Å². The van der Waals surface area contributed by atoms with Crippen molar-refractivity contribution < 1.29 is 4.79 Å². The largest absolute Gasteiger partial charge is 0.299 e. The summed E-state index contributed by atoms with van der Waals surface area (Å²) in [5, 5.41) is 0. The van der Waals surface area contributed by atoms with Crippen molar-refractivity contribution in [3.05, 3.63) is 0 Å². The fourth-order valence-electron chi connectivity index (χ4n) is 0.785. The van der Waals surface area contributed by atoms with Gasteiger partial charge in [0.15, 0.2) is 0 Å². The molecule has 0 rings (SSSR count). The molecule has 0 aromatic carbocycles. The lowest BCUT2D eigenvalue weighted by molar-refractivity contribution is -0.122. The summed E-state index contributed by atoms with van der Waals surface area (Å²) in [7, 11) is 0. The molecular weight excluding hydrogens is 136 g/mol. The molecule has 0 aliphatic heterocycles. The Hall–Kier alpha value is -0.770. The third-order valence-corrected chi connectivity index (χ3v) is 1.84. The van der Waals surface area contributed by atoms with Crippen LogP contribution in [0, 0.1) is 17.8 Å². The zero-order chi connectivity index (χ0) is 8.69. The molecule has 0 heterocycles. The van der Waals surface area contributed by atoms with Crippen LogP contribution >= 0.6 is 0 Å². The van der Waals surface area contributed by atoms with Crippen LogP contribution in [-0.4, -0.2) is 5.78 Å². The van der Waals surface area contributed by atoms with Crippen LogP contribution in [0.2, 0.25) is 0 Å². The van der Waals surface area contributed by atoms with Gasteiger partial charge in [-0.05, 0) is 13.3 Å². The van der Waals surface area contributed by atoms with Crippen LogP contribution < -0.4 is 0 Å². The Bertz CT molecular complexity index is 171. The molecule has 0 saturated carbocycles. The second-order valence-corrected chi connectivity index (χ2v) is 2.70. The summed E-state index contributed by atoms with van der Waals surface area (Å²) in [6, 6.07) is 0. The maximum absolute atomic E-state index is 11.2. The van der Waals surface area contributed by atoms with Gasteiger partial charge in [-0.3, -0.25) is 4.79 Å². The van der Waals surface area contributed by atoms with E-state index in [4.69, 9.17) is 0 Å². The molecule has 0 radical (unpaired) electrons. The van der Waals surface area contributed by atoms with E-state index in [-0.39, 0.29) is 5.92 Å². The van der Waals surface area contributed by atoms with Gasteiger partial charge in [0, 0.05) is 18.8 Å². The molecule has 0 N–H and O–H groups in total. The first kappa shape index (κ1) is 10.2. The average Bonchev–Trinajstić information content (AvgIpc) is 2.03. The zero-order valence-corrected chi connectivity index (χ0v) is 7.61. The Balaban J connectivity index is 3.57. The van der Waals surface area contributed by atoms with Gasteiger partial charge in [-0.25, -0.2) is 0 Å². The molecule has 0 aliphatic carbocycles. The van der Waals surface area contributed by atoms with Crippen molar-refractivity contribution in [2.75, 3.05) is 0 Å². The van der Waals surface area contributed by atoms with Crippen molar-refractivity contribution in [2.45, 2.75) is 40.0 Å². The van der Waals surface area contributed by atoms with Crippen molar-refractivity contribution in [3.63, 3.8) is 0 Å². The molecule has 0 fully saturated rings. The molecule has 0 spiro atoms. The number of carbonyl (C=O) groups excluding carboxylic acids is 1. The average molecular weight is 152 g/mol. The molecule has 1 heteroatoms. The van der Waals surface area contributed by atoms with E-state index in [1.165, 1.54) is 0 Å². The summed E-state index contributed by atoms with van der Waals surface area (Å²) in [6.07, 6.45) is 2.29. The normalized spacial score (nSPS) is 11.5. The fraction of sp³-hybridized carbons (Fsp3) is 0.700. The van der Waals surface area contributed by atoms with Crippen LogP contribution in [0.1, 0.15) is 40.0 Å². The highest BCUT2D eigenvalue weighted by atomic mass is 16.1. The molecule has 1 unspecified atom stereocenters. The summed E-state index contributed by atoms with van der Waals surface area (Å²) in [5.41, 5.74) is 0. The summed E-state index contributed by atoms with van der Waals surface area (Å²) >= 11 is 0. The van der Waals surface area contributed by atoms with Crippen LogP contribution in [0.15, 0.2) is 0 Å². The lowest BCUT2D eigenvalue weighted by atomic mass is 10.0. The molecule has 62 valence electrons. The van der Waals surface area contributed by atoms with Crippen molar-refractivity contribution >= 4 is 5.78 Å². The minimum atomic E-state index is 0.216. The van der Waals surface area contributed by atoms with Gasteiger partial charge >= 0.3 is 0 Å². The third kappa shape index (κ3) is 4.61. The Kier molecular flexibility index (Phi) is 5.56. The highest BCUT2D eigenvalue weighted by Crippen LogP contribution is 2.06. The summed E-state index contributed by atoms with van der Waals surface area (Å²) in [5.74, 6) is 6.22. The zero-order valence-electron chi connectivity index (χ0n) is 7.61. The Morgan fingerprint density at radius 3 is 2.64 bits per heavy atom. The van der Waals surface area contributed by atoms with E-state index < -0.39 is 0 Å². The maximum atomic E-state index is 11.2. The number of ketones is 1. The van der Waals surface area contributed by atoms with Crippen molar-refractivity contribution in [3.8, 4) is 11.8 Å². The number of carbonyl (C=O) groups is 1. The number of Topliss-reactive ketones (excluding diaryl/α,β-unsaturated/α-hetero) is 1. The molecule has 1 nitrogen and oxygen atoms in total. The first-order valence-electron chi connectivity index (χ1n) is 4.14. The van der Waals surface area contributed by atoms with Crippen LogP contribution in [0.4, 0.5) is 0 Å². The minimum absolute atomic E-state index is 0.216. The molecule has 0 aromatic rings. The highest BCUT2D eigenvalue weighted by molar-refractivity contribution is 5.80. The Morgan fingerprint density at radius 1 is 1.55 bits per heavy atom. The molecular formula is C10H16O. The van der Waals surface area contributed by atoms with Crippen molar-refractivity contribution in [1.29, 1.82) is 0 Å². The standard InChI is InChI=1S/C10H16O/c1-4-6-7-8-10(11)9(3)5-2/h9H,5,7-8H2,1-3H3. The van der Waals surface area contributed by atoms with Crippen LogP contribution in [0.25, 0.3) is 0 Å². The number of hydrogen-bond donors (Lipinski definition) is 0. The third-order valence-electron chi connectivity index (χ3n) is 1.84. The van der Waals surface area contributed by atoms with E-state index in [0.29, 0.717) is 12.2 Å². The molecule has 0 saturated heterocycles. The molecule has 1 atom stereocenters. The minimum Gasteiger partial charge on any atom is -0.299 e. The Morgan fingerprint density at radius 2 is 2.18 bits per heavy atom. The lowest BCUT2D eigenvalue weighted by Crippen LogP contribution is -2.08. The second-order valence-electron chi connectivity index (χ2n) is 2.70. The molecule has 0 aliphatic rings. The first-order chi connectivity index (χ1) is 5.22. The number of hydrogen-bond acceptors (Lipinski definition) is 1. The van der Waals surface area contributed by atoms with E-state index in [1.54, 1.807) is 6.92 Å². The van der Waals surface area contributed by atoms with Crippen LogP contribution in [0.3, 0.4) is 0 Å². The van der Waals surface area contributed by atoms with E-state index in [2.05, 4.69) is 11.8 Å². The second kappa shape index (κ2) is 5.97. The fourth-order valence-corrected chi connectivity index (χ4v) is 0.785. The summed E-state index contributed by atoms with van der Waals surface area (Å²) in [4.78, 5) is 11.2. The Labute approximate surface area is 69.2 Å². The molecule has 0 amide bonds. The first-order valence-corrected chi connectivity index (χ1v) is 4.14. The van der Waals surface area contributed by atoms with E-state index in [0.717, 1.165) is 12.8 Å². The van der Waals surface area contributed by atoms with Gasteiger partial charge in [0.1, 0.15) is 5.78 Å². The maximum Gasteiger partial charge on any atom is 0.136 e. The summed E-state index contributed by atoms with van der Waals surface area (Å²) in [6.45, 7) is 5.81. The predicted octanol–water partition coefficient (Wildman–Crippen LogP) is 2.41. The van der Waals surface area contributed by atoms with Gasteiger partial charge < -0.3 is 0 Å². The van der Waals surface area contributed by atoms with Gasteiger partial charge in [-0.15, -0.1) is 11.8 Å². The van der Waals surface area contributed by atoms with Crippen molar-refractivity contribution in [2.24, 2.45) is 5.92 Å². The topological polar surface area (TPSA) is 17.1 Å². The highest BCUT2D eigenvalue weighted by Gasteiger charge is 2.08. The van der Waals surface area contributed by atoms with Gasteiger partial charge in [0.25, 0.3) is 0 Å². The number of rotatable bonds is 4. The molecule has 0 aromatic heterocycles. The van der Waals surface area contributed by atoms with E-state index in [9.17, 15) is 4.79 Å². The van der Waals surface area contributed by atoms with Gasteiger partial charge in [-0.1, -0.05) is 13.8 Å². The SMILES string of the molecule is CC#CCCC(=O)C(C)CC. The van der Waals surface area contributed by atoms with E-state index >= 15 is 0 Å². The quantitative estimate of drug-likeness (QED) is 0.565.